The number of piperazine rings is 1. The second-order valence-corrected chi connectivity index (χ2v) is 8.51. The fourth-order valence-electron chi connectivity index (χ4n) is 3.17. The number of sulfonamides is 1. The zero-order valence-corrected chi connectivity index (χ0v) is 15.6. The van der Waals surface area contributed by atoms with Crippen molar-refractivity contribution in [1.82, 2.24) is 19.8 Å². The standard InChI is InChI=1S/C17H17ClN4O3S/c1-11-15-8-14(9-20-17(15)25-21-11)26(23,24)22-6-5-19-10-16(22)12-3-2-4-13(18)7-12/h2-4,7-9,16,19H,5-6,10H2,1H3. The number of rotatable bonds is 3. The van der Waals surface area contributed by atoms with Gasteiger partial charge in [0.15, 0.2) is 0 Å². The number of fused-ring (bicyclic) bond motifs is 1. The molecule has 1 fully saturated rings. The van der Waals surface area contributed by atoms with Gasteiger partial charge in [-0.3, -0.25) is 0 Å². The van der Waals surface area contributed by atoms with E-state index in [2.05, 4.69) is 15.5 Å². The number of hydrogen-bond acceptors (Lipinski definition) is 6. The maximum absolute atomic E-state index is 13.3. The number of nitrogens with zero attached hydrogens (tertiary/aromatic N) is 3. The molecule has 4 rings (SSSR count). The van der Waals surface area contributed by atoms with Crippen LogP contribution in [0.4, 0.5) is 0 Å². The van der Waals surface area contributed by atoms with Gasteiger partial charge in [-0.1, -0.05) is 28.9 Å². The van der Waals surface area contributed by atoms with E-state index in [0.717, 1.165) is 5.56 Å². The Labute approximate surface area is 156 Å². The van der Waals surface area contributed by atoms with Crippen molar-refractivity contribution in [3.05, 3.63) is 52.8 Å². The quantitative estimate of drug-likeness (QED) is 0.736. The summed E-state index contributed by atoms with van der Waals surface area (Å²) >= 11 is 6.10. The summed E-state index contributed by atoms with van der Waals surface area (Å²) < 4.78 is 33.2. The second-order valence-electron chi connectivity index (χ2n) is 6.18. The van der Waals surface area contributed by atoms with Crippen LogP contribution < -0.4 is 5.32 Å². The minimum absolute atomic E-state index is 0.130. The molecule has 0 radical (unpaired) electrons. The topological polar surface area (TPSA) is 88.3 Å². The number of benzene rings is 1. The summed E-state index contributed by atoms with van der Waals surface area (Å²) in [5, 5.41) is 8.26. The summed E-state index contributed by atoms with van der Waals surface area (Å²) in [7, 11) is -3.74. The Morgan fingerprint density at radius 1 is 1.35 bits per heavy atom. The number of aryl methyl sites for hydroxylation is 1. The molecule has 1 aliphatic heterocycles. The highest BCUT2D eigenvalue weighted by Crippen LogP contribution is 2.31. The predicted octanol–water partition coefficient (Wildman–Crippen LogP) is 2.52. The molecular weight excluding hydrogens is 376 g/mol. The first kappa shape index (κ1) is 17.4. The van der Waals surface area contributed by atoms with Gasteiger partial charge in [0.2, 0.25) is 10.0 Å². The number of hydrogen-bond donors (Lipinski definition) is 1. The normalized spacial score (nSPS) is 19.1. The lowest BCUT2D eigenvalue weighted by Crippen LogP contribution is -2.48. The number of halogens is 1. The highest BCUT2D eigenvalue weighted by Gasteiger charge is 2.35. The van der Waals surface area contributed by atoms with Gasteiger partial charge in [-0.2, -0.15) is 4.31 Å². The average Bonchev–Trinajstić information content (AvgIpc) is 3.02. The lowest BCUT2D eigenvalue weighted by atomic mass is 10.1. The molecule has 3 heterocycles. The van der Waals surface area contributed by atoms with E-state index in [9.17, 15) is 8.42 Å². The van der Waals surface area contributed by atoms with E-state index < -0.39 is 10.0 Å². The maximum Gasteiger partial charge on any atom is 0.257 e. The van der Waals surface area contributed by atoms with Gasteiger partial charge in [0, 0.05) is 24.7 Å². The van der Waals surface area contributed by atoms with Crippen LogP contribution in [0.2, 0.25) is 5.02 Å². The molecule has 1 atom stereocenters. The lowest BCUT2D eigenvalue weighted by Gasteiger charge is -2.35. The van der Waals surface area contributed by atoms with Crippen LogP contribution in [-0.2, 0) is 10.0 Å². The van der Waals surface area contributed by atoms with Crippen molar-refractivity contribution < 1.29 is 12.9 Å². The average molecular weight is 393 g/mol. The minimum Gasteiger partial charge on any atom is -0.336 e. The zero-order valence-electron chi connectivity index (χ0n) is 14.0. The summed E-state index contributed by atoms with van der Waals surface area (Å²) in [5.41, 5.74) is 1.79. The van der Waals surface area contributed by atoms with Crippen LogP contribution in [0.1, 0.15) is 17.3 Å². The molecule has 2 aromatic heterocycles. The van der Waals surface area contributed by atoms with E-state index in [1.807, 2.05) is 12.1 Å². The number of nitrogens with one attached hydrogen (secondary N) is 1. The van der Waals surface area contributed by atoms with E-state index in [1.54, 1.807) is 25.1 Å². The molecule has 0 aliphatic carbocycles. The SMILES string of the molecule is Cc1noc2ncc(S(=O)(=O)N3CCNCC3c3cccc(Cl)c3)cc12. The van der Waals surface area contributed by atoms with Gasteiger partial charge in [0.25, 0.3) is 5.71 Å². The summed E-state index contributed by atoms with van der Waals surface area (Å²) in [6.45, 7) is 3.21. The summed E-state index contributed by atoms with van der Waals surface area (Å²) in [5.74, 6) is 0. The zero-order chi connectivity index (χ0) is 18.3. The maximum atomic E-state index is 13.3. The van der Waals surface area contributed by atoms with E-state index in [0.29, 0.717) is 41.5 Å². The van der Waals surface area contributed by atoms with Crippen molar-refractivity contribution in [2.75, 3.05) is 19.6 Å². The van der Waals surface area contributed by atoms with Gasteiger partial charge in [-0.15, -0.1) is 0 Å². The molecule has 1 N–H and O–H groups in total. The Kier molecular flexibility index (Phi) is 4.44. The number of aromatic nitrogens is 2. The third-order valence-electron chi connectivity index (χ3n) is 4.52. The van der Waals surface area contributed by atoms with E-state index in [1.165, 1.54) is 10.5 Å². The van der Waals surface area contributed by atoms with Crippen molar-refractivity contribution >= 4 is 32.7 Å². The molecule has 1 aromatic carbocycles. The van der Waals surface area contributed by atoms with Gasteiger partial charge in [-0.25, -0.2) is 13.4 Å². The first-order valence-electron chi connectivity index (χ1n) is 8.17. The van der Waals surface area contributed by atoms with Gasteiger partial charge in [0.1, 0.15) is 4.90 Å². The van der Waals surface area contributed by atoms with Crippen LogP contribution in [0.15, 0.2) is 45.9 Å². The largest absolute Gasteiger partial charge is 0.336 e. The molecule has 7 nitrogen and oxygen atoms in total. The van der Waals surface area contributed by atoms with Crippen LogP contribution in [0.5, 0.6) is 0 Å². The summed E-state index contributed by atoms with van der Waals surface area (Å²) in [6.07, 6.45) is 1.32. The molecule has 0 spiro atoms. The fourth-order valence-corrected chi connectivity index (χ4v) is 4.96. The Morgan fingerprint density at radius 3 is 3.00 bits per heavy atom. The monoisotopic (exact) mass is 392 g/mol. The predicted molar refractivity (Wildman–Crippen MR) is 97.5 cm³/mol. The third-order valence-corrected chi connectivity index (χ3v) is 6.63. The molecule has 1 aliphatic rings. The fraction of sp³-hybridized carbons (Fsp3) is 0.294. The van der Waals surface area contributed by atoms with Crippen LogP contribution >= 0.6 is 11.6 Å². The Bertz CT molecular complexity index is 1070. The lowest BCUT2D eigenvalue weighted by molar-refractivity contribution is 0.271. The summed E-state index contributed by atoms with van der Waals surface area (Å²) in [4.78, 5) is 4.23. The minimum atomic E-state index is -3.74. The van der Waals surface area contributed by atoms with Gasteiger partial charge in [-0.05, 0) is 30.7 Å². The van der Waals surface area contributed by atoms with Gasteiger partial charge < -0.3 is 9.84 Å². The van der Waals surface area contributed by atoms with Crippen LogP contribution in [0.25, 0.3) is 11.1 Å². The number of pyridine rings is 1. The van der Waals surface area contributed by atoms with Gasteiger partial charge in [0.05, 0.1) is 23.3 Å². The molecule has 0 amide bonds. The Hall–Kier alpha value is -2.00. The molecule has 3 aromatic rings. The Morgan fingerprint density at radius 2 is 2.19 bits per heavy atom. The smallest absolute Gasteiger partial charge is 0.257 e. The highest BCUT2D eigenvalue weighted by atomic mass is 35.5. The third kappa shape index (κ3) is 2.99. The van der Waals surface area contributed by atoms with Crippen molar-refractivity contribution in [1.29, 1.82) is 0 Å². The first-order chi connectivity index (χ1) is 12.5. The van der Waals surface area contributed by atoms with Crippen LogP contribution in [0.3, 0.4) is 0 Å². The van der Waals surface area contributed by atoms with Crippen molar-refractivity contribution in [3.8, 4) is 0 Å². The second kappa shape index (κ2) is 6.62. The first-order valence-corrected chi connectivity index (χ1v) is 9.99. The van der Waals surface area contributed by atoms with E-state index >= 15 is 0 Å². The molecule has 0 saturated carbocycles. The molecule has 26 heavy (non-hydrogen) atoms. The van der Waals surface area contributed by atoms with E-state index in [-0.39, 0.29) is 10.9 Å². The molecular formula is C17H17ClN4O3S. The molecule has 1 unspecified atom stereocenters. The molecule has 136 valence electrons. The molecule has 1 saturated heterocycles. The van der Waals surface area contributed by atoms with Crippen molar-refractivity contribution in [2.45, 2.75) is 17.9 Å². The van der Waals surface area contributed by atoms with Gasteiger partial charge >= 0.3 is 0 Å². The van der Waals surface area contributed by atoms with Crippen molar-refractivity contribution in [3.63, 3.8) is 0 Å². The highest BCUT2D eigenvalue weighted by molar-refractivity contribution is 7.89. The summed E-state index contributed by atoms with van der Waals surface area (Å²) in [6, 6.07) is 8.51. The molecule has 9 heteroatoms. The molecule has 0 bridgehead atoms. The van der Waals surface area contributed by atoms with Crippen LogP contribution in [0, 0.1) is 6.92 Å². The Balaban J connectivity index is 1.77. The van der Waals surface area contributed by atoms with Crippen molar-refractivity contribution in [2.24, 2.45) is 0 Å². The van der Waals surface area contributed by atoms with Crippen LogP contribution in [-0.4, -0.2) is 42.5 Å². The van der Waals surface area contributed by atoms with E-state index in [4.69, 9.17) is 16.1 Å².